The Bertz CT molecular complexity index is 1490. The molecular formula is C26H17NO. The van der Waals surface area contributed by atoms with Gasteiger partial charge in [-0.15, -0.1) is 0 Å². The molecule has 5 aromatic carbocycles. The number of nitrogens with one attached hydrogen (secondary N) is 1. The third-order valence-electron chi connectivity index (χ3n) is 5.41. The SMILES string of the molecule is c1ccc2c(c1)ccc1cc(Nc3ccc4c(c3)oc3ccccc34)ccc12. The van der Waals surface area contributed by atoms with Gasteiger partial charge in [0.25, 0.3) is 0 Å². The van der Waals surface area contributed by atoms with Gasteiger partial charge in [0.2, 0.25) is 0 Å². The lowest BCUT2D eigenvalue weighted by molar-refractivity contribution is 0.669. The first-order valence-corrected chi connectivity index (χ1v) is 9.45. The molecule has 6 rings (SSSR count). The maximum absolute atomic E-state index is 6.01. The van der Waals surface area contributed by atoms with E-state index in [2.05, 4.69) is 84.2 Å². The highest BCUT2D eigenvalue weighted by molar-refractivity contribution is 6.08. The van der Waals surface area contributed by atoms with E-state index in [1.54, 1.807) is 0 Å². The van der Waals surface area contributed by atoms with Crippen LogP contribution in [0, 0.1) is 0 Å². The zero-order chi connectivity index (χ0) is 18.5. The molecule has 0 amide bonds. The van der Waals surface area contributed by atoms with E-state index in [0.717, 1.165) is 33.3 Å². The number of fused-ring (bicyclic) bond motifs is 6. The molecule has 0 aliphatic carbocycles. The number of rotatable bonds is 2. The minimum atomic E-state index is 0.901. The van der Waals surface area contributed by atoms with Crippen molar-refractivity contribution in [1.29, 1.82) is 0 Å². The van der Waals surface area contributed by atoms with Crippen LogP contribution >= 0.6 is 0 Å². The van der Waals surface area contributed by atoms with Crippen LogP contribution in [0.1, 0.15) is 0 Å². The van der Waals surface area contributed by atoms with Gasteiger partial charge in [0.05, 0.1) is 0 Å². The predicted molar refractivity (Wildman–Crippen MR) is 118 cm³/mol. The standard InChI is InChI=1S/C26H17NO/c1-2-6-21-17(5-1)9-10-18-15-19(11-13-22(18)21)27-20-12-14-24-23-7-3-4-8-25(23)28-26(24)16-20/h1-16,27H. The van der Waals surface area contributed by atoms with Gasteiger partial charge < -0.3 is 9.73 Å². The lowest BCUT2D eigenvalue weighted by atomic mass is 10.0. The van der Waals surface area contributed by atoms with Crippen molar-refractivity contribution < 1.29 is 4.42 Å². The van der Waals surface area contributed by atoms with Crippen molar-refractivity contribution in [3.05, 3.63) is 97.1 Å². The molecule has 6 aromatic rings. The average Bonchev–Trinajstić information content (AvgIpc) is 3.11. The molecule has 0 fully saturated rings. The van der Waals surface area contributed by atoms with Crippen LogP contribution < -0.4 is 5.32 Å². The molecule has 1 N–H and O–H groups in total. The van der Waals surface area contributed by atoms with Crippen molar-refractivity contribution in [1.82, 2.24) is 0 Å². The fraction of sp³-hybridized carbons (Fsp3) is 0. The molecule has 0 atom stereocenters. The Labute approximate surface area is 162 Å². The lowest BCUT2D eigenvalue weighted by Crippen LogP contribution is -1.90. The van der Waals surface area contributed by atoms with E-state index in [1.807, 2.05) is 18.2 Å². The molecule has 0 saturated carbocycles. The van der Waals surface area contributed by atoms with Crippen LogP contribution in [0.3, 0.4) is 0 Å². The molecule has 1 aromatic heterocycles. The van der Waals surface area contributed by atoms with E-state index >= 15 is 0 Å². The average molecular weight is 359 g/mol. The second-order valence-electron chi connectivity index (χ2n) is 7.16. The van der Waals surface area contributed by atoms with Crippen LogP contribution in [0.2, 0.25) is 0 Å². The van der Waals surface area contributed by atoms with E-state index in [1.165, 1.54) is 21.5 Å². The molecule has 2 heteroatoms. The van der Waals surface area contributed by atoms with Gasteiger partial charge in [-0.05, 0) is 51.9 Å². The van der Waals surface area contributed by atoms with Crippen molar-refractivity contribution >= 4 is 54.9 Å². The summed E-state index contributed by atoms with van der Waals surface area (Å²) in [4.78, 5) is 0. The molecule has 132 valence electrons. The zero-order valence-electron chi connectivity index (χ0n) is 15.1. The van der Waals surface area contributed by atoms with Gasteiger partial charge in [-0.1, -0.05) is 60.7 Å². The normalized spacial score (nSPS) is 11.6. The van der Waals surface area contributed by atoms with E-state index in [4.69, 9.17) is 4.42 Å². The highest BCUT2D eigenvalue weighted by atomic mass is 16.3. The van der Waals surface area contributed by atoms with Crippen LogP contribution in [-0.4, -0.2) is 0 Å². The molecule has 0 aliphatic heterocycles. The number of anilines is 2. The van der Waals surface area contributed by atoms with Gasteiger partial charge in [0, 0.05) is 28.2 Å². The number of benzene rings is 5. The topological polar surface area (TPSA) is 25.2 Å². The second-order valence-corrected chi connectivity index (χ2v) is 7.16. The molecule has 0 aliphatic rings. The first kappa shape index (κ1) is 15.3. The molecule has 0 unspecified atom stereocenters. The van der Waals surface area contributed by atoms with E-state index < -0.39 is 0 Å². The predicted octanol–water partition coefficient (Wildman–Crippen LogP) is 7.64. The molecular weight excluding hydrogens is 342 g/mol. The van der Waals surface area contributed by atoms with Gasteiger partial charge in [-0.3, -0.25) is 0 Å². The van der Waals surface area contributed by atoms with Gasteiger partial charge in [-0.25, -0.2) is 0 Å². The largest absolute Gasteiger partial charge is 0.456 e. The van der Waals surface area contributed by atoms with Crippen LogP contribution in [-0.2, 0) is 0 Å². The third-order valence-corrected chi connectivity index (χ3v) is 5.41. The minimum Gasteiger partial charge on any atom is -0.456 e. The summed E-state index contributed by atoms with van der Waals surface area (Å²) in [6.07, 6.45) is 0. The summed E-state index contributed by atoms with van der Waals surface area (Å²) >= 11 is 0. The number of hydrogen-bond acceptors (Lipinski definition) is 2. The maximum Gasteiger partial charge on any atom is 0.137 e. The smallest absolute Gasteiger partial charge is 0.137 e. The van der Waals surface area contributed by atoms with Crippen LogP contribution in [0.4, 0.5) is 11.4 Å². The van der Waals surface area contributed by atoms with Crippen molar-refractivity contribution in [2.45, 2.75) is 0 Å². The first-order valence-electron chi connectivity index (χ1n) is 9.45. The van der Waals surface area contributed by atoms with Gasteiger partial charge >= 0.3 is 0 Å². The summed E-state index contributed by atoms with van der Waals surface area (Å²) in [6.45, 7) is 0. The summed E-state index contributed by atoms with van der Waals surface area (Å²) in [5, 5.41) is 10.9. The van der Waals surface area contributed by atoms with Crippen LogP contribution in [0.25, 0.3) is 43.5 Å². The second kappa shape index (κ2) is 5.86. The van der Waals surface area contributed by atoms with Crippen molar-refractivity contribution in [3.63, 3.8) is 0 Å². The summed E-state index contributed by atoms with van der Waals surface area (Å²) in [5.41, 5.74) is 3.91. The highest BCUT2D eigenvalue weighted by Crippen LogP contribution is 2.32. The molecule has 0 spiro atoms. The molecule has 0 bridgehead atoms. The minimum absolute atomic E-state index is 0.901. The first-order chi connectivity index (χ1) is 13.8. The highest BCUT2D eigenvalue weighted by Gasteiger charge is 2.07. The monoisotopic (exact) mass is 359 g/mol. The van der Waals surface area contributed by atoms with Gasteiger partial charge in [0.1, 0.15) is 11.2 Å². The summed E-state index contributed by atoms with van der Waals surface area (Å²) in [6, 6.07) is 33.9. The van der Waals surface area contributed by atoms with Gasteiger partial charge in [0.15, 0.2) is 0 Å². The molecule has 28 heavy (non-hydrogen) atoms. The van der Waals surface area contributed by atoms with E-state index in [-0.39, 0.29) is 0 Å². The van der Waals surface area contributed by atoms with Crippen molar-refractivity contribution in [2.75, 3.05) is 5.32 Å². The molecule has 2 nitrogen and oxygen atoms in total. The Morgan fingerprint density at radius 1 is 0.464 bits per heavy atom. The number of hydrogen-bond donors (Lipinski definition) is 1. The Morgan fingerprint density at radius 3 is 2.04 bits per heavy atom. The lowest BCUT2D eigenvalue weighted by Gasteiger charge is -2.09. The molecule has 1 heterocycles. The summed E-state index contributed by atoms with van der Waals surface area (Å²) in [7, 11) is 0. The Balaban J connectivity index is 1.42. The quantitative estimate of drug-likeness (QED) is 0.321. The summed E-state index contributed by atoms with van der Waals surface area (Å²) in [5.74, 6) is 0. The molecule has 0 saturated heterocycles. The van der Waals surface area contributed by atoms with E-state index in [0.29, 0.717) is 0 Å². The number of furan rings is 1. The van der Waals surface area contributed by atoms with Crippen LogP contribution in [0.15, 0.2) is 101 Å². The maximum atomic E-state index is 6.01. The van der Waals surface area contributed by atoms with Crippen molar-refractivity contribution in [2.24, 2.45) is 0 Å². The van der Waals surface area contributed by atoms with E-state index in [9.17, 15) is 0 Å². The molecule has 0 radical (unpaired) electrons. The summed E-state index contributed by atoms with van der Waals surface area (Å²) < 4.78 is 6.01. The number of para-hydroxylation sites is 1. The van der Waals surface area contributed by atoms with Crippen LogP contribution in [0.5, 0.6) is 0 Å². The Kier molecular flexibility index (Phi) is 3.20. The zero-order valence-corrected chi connectivity index (χ0v) is 15.1. The fourth-order valence-corrected chi connectivity index (χ4v) is 4.06. The van der Waals surface area contributed by atoms with Gasteiger partial charge in [-0.2, -0.15) is 0 Å². The Morgan fingerprint density at radius 2 is 1.11 bits per heavy atom. The Hall–Kier alpha value is -3.78. The fourth-order valence-electron chi connectivity index (χ4n) is 4.06. The third kappa shape index (κ3) is 2.35. The van der Waals surface area contributed by atoms with Crippen molar-refractivity contribution in [3.8, 4) is 0 Å².